The smallest absolute Gasteiger partial charge is 0.139 e. The number of benzene rings is 2. The highest BCUT2D eigenvalue weighted by molar-refractivity contribution is 5.29. The van der Waals surface area contributed by atoms with Crippen LogP contribution in [0.15, 0.2) is 48.5 Å². The van der Waals surface area contributed by atoms with Crippen molar-refractivity contribution in [2.45, 2.75) is 26.0 Å². The maximum absolute atomic E-state index is 13.3. The van der Waals surface area contributed by atoms with E-state index in [0.717, 1.165) is 16.9 Å². The summed E-state index contributed by atoms with van der Waals surface area (Å²) >= 11 is 0. The van der Waals surface area contributed by atoms with Crippen LogP contribution in [-0.4, -0.2) is 6.04 Å². The predicted molar refractivity (Wildman–Crippen MR) is 74.6 cm³/mol. The minimum Gasteiger partial charge on any atom is -0.484 e. The molecule has 3 heteroatoms. The van der Waals surface area contributed by atoms with Crippen LogP contribution < -0.4 is 10.5 Å². The van der Waals surface area contributed by atoms with Crippen molar-refractivity contribution in [2.24, 2.45) is 5.73 Å². The molecule has 0 bridgehead atoms. The molecule has 0 aliphatic rings. The Balaban J connectivity index is 2.26. The molecule has 2 atom stereocenters. The van der Waals surface area contributed by atoms with Crippen molar-refractivity contribution in [3.8, 4) is 5.75 Å². The zero-order valence-electron chi connectivity index (χ0n) is 11.1. The van der Waals surface area contributed by atoms with Crippen LogP contribution in [0.4, 0.5) is 4.39 Å². The second-order valence-corrected chi connectivity index (χ2v) is 4.77. The molecule has 2 rings (SSSR count). The van der Waals surface area contributed by atoms with Gasteiger partial charge in [0, 0.05) is 6.04 Å². The van der Waals surface area contributed by atoms with E-state index >= 15 is 0 Å². The third-order valence-corrected chi connectivity index (χ3v) is 2.91. The van der Waals surface area contributed by atoms with Crippen LogP contribution in [0.2, 0.25) is 0 Å². The molecule has 0 saturated heterocycles. The number of ether oxygens (including phenoxy) is 1. The Hall–Kier alpha value is -1.87. The van der Waals surface area contributed by atoms with Crippen LogP contribution in [0.5, 0.6) is 5.75 Å². The molecular formula is C16H18FNO. The Labute approximate surface area is 113 Å². The van der Waals surface area contributed by atoms with Gasteiger partial charge >= 0.3 is 0 Å². The highest BCUT2D eigenvalue weighted by atomic mass is 19.1. The monoisotopic (exact) mass is 259 g/mol. The molecule has 100 valence electrons. The van der Waals surface area contributed by atoms with E-state index < -0.39 is 0 Å². The first kappa shape index (κ1) is 13.6. The van der Waals surface area contributed by atoms with Gasteiger partial charge in [0.1, 0.15) is 17.7 Å². The first-order chi connectivity index (χ1) is 9.06. The molecule has 0 saturated carbocycles. The van der Waals surface area contributed by atoms with Gasteiger partial charge < -0.3 is 10.5 Å². The highest BCUT2D eigenvalue weighted by Gasteiger charge is 2.18. The molecule has 2 nitrogen and oxygen atoms in total. The lowest BCUT2D eigenvalue weighted by Crippen LogP contribution is -2.29. The maximum atomic E-state index is 13.3. The summed E-state index contributed by atoms with van der Waals surface area (Å²) in [5.74, 6) is 0.461. The van der Waals surface area contributed by atoms with E-state index in [1.807, 2.05) is 44.2 Å². The van der Waals surface area contributed by atoms with Gasteiger partial charge in [-0.1, -0.05) is 24.3 Å². The first-order valence-corrected chi connectivity index (χ1v) is 6.30. The van der Waals surface area contributed by atoms with Crippen molar-refractivity contribution in [2.75, 3.05) is 0 Å². The molecule has 0 amide bonds. The predicted octanol–water partition coefficient (Wildman–Crippen LogP) is 3.60. The fourth-order valence-corrected chi connectivity index (χ4v) is 2.00. The fourth-order valence-electron chi connectivity index (χ4n) is 2.00. The molecule has 2 N–H and O–H groups in total. The lowest BCUT2D eigenvalue weighted by atomic mass is 10.0. The summed E-state index contributed by atoms with van der Waals surface area (Å²) in [7, 11) is 0. The molecule has 0 radical (unpaired) electrons. The van der Waals surface area contributed by atoms with Gasteiger partial charge in [0.15, 0.2) is 0 Å². The Morgan fingerprint density at radius 1 is 1.11 bits per heavy atom. The first-order valence-electron chi connectivity index (χ1n) is 6.30. The summed E-state index contributed by atoms with van der Waals surface area (Å²) in [6.45, 7) is 3.85. The largest absolute Gasteiger partial charge is 0.484 e. The van der Waals surface area contributed by atoms with Crippen LogP contribution in [0.25, 0.3) is 0 Å². The number of hydrogen-bond acceptors (Lipinski definition) is 2. The standard InChI is InChI=1S/C16H18FNO/c1-11-5-3-8-15(9-11)19-16(12(2)18)13-6-4-7-14(17)10-13/h3-10,12,16H,18H2,1-2H3. The Morgan fingerprint density at radius 3 is 2.47 bits per heavy atom. The van der Waals surface area contributed by atoms with Crippen molar-refractivity contribution < 1.29 is 9.13 Å². The third kappa shape index (κ3) is 3.55. The molecule has 0 aliphatic heterocycles. The maximum Gasteiger partial charge on any atom is 0.139 e. The zero-order chi connectivity index (χ0) is 13.8. The van der Waals surface area contributed by atoms with E-state index in [-0.39, 0.29) is 18.0 Å². The van der Waals surface area contributed by atoms with Crippen LogP contribution in [-0.2, 0) is 0 Å². The molecule has 2 aromatic rings. The van der Waals surface area contributed by atoms with Crippen LogP contribution in [0, 0.1) is 12.7 Å². The summed E-state index contributed by atoms with van der Waals surface area (Å²) in [4.78, 5) is 0. The SMILES string of the molecule is Cc1cccc(OC(c2cccc(F)c2)C(C)N)c1. The normalized spacial score (nSPS) is 13.9. The van der Waals surface area contributed by atoms with Gasteiger partial charge in [0.2, 0.25) is 0 Å². The van der Waals surface area contributed by atoms with E-state index in [1.54, 1.807) is 6.07 Å². The minimum absolute atomic E-state index is 0.234. The van der Waals surface area contributed by atoms with Gasteiger partial charge in [-0.3, -0.25) is 0 Å². The molecule has 0 aromatic heterocycles. The average molecular weight is 259 g/mol. The van der Waals surface area contributed by atoms with Gasteiger partial charge in [-0.15, -0.1) is 0 Å². The number of hydrogen-bond donors (Lipinski definition) is 1. The number of aryl methyl sites for hydroxylation is 1. The number of halogens is 1. The topological polar surface area (TPSA) is 35.2 Å². The number of rotatable bonds is 4. The third-order valence-electron chi connectivity index (χ3n) is 2.91. The molecule has 0 spiro atoms. The van der Waals surface area contributed by atoms with Gasteiger partial charge in [0.25, 0.3) is 0 Å². The zero-order valence-corrected chi connectivity index (χ0v) is 11.1. The molecule has 0 fully saturated rings. The average Bonchev–Trinajstić information content (AvgIpc) is 2.35. The lowest BCUT2D eigenvalue weighted by molar-refractivity contribution is 0.180. The van der Waals surface area contributed by atoms with Crippen molar-refractivity contribution >= 4 is 0 Å². The molecular weight excluding hydrogens is 241 g/mol. The van der Waals surface area contributed by atoms with Crippen molar-refractivity contribution in [1.82, 2.24) is 0 Å². The summed E-state index contributed by atoms with van der Waals surface area (Å²) in [5, 5.41) is 0. The Kier molecular flexibility index (Phi) is 4.17. The van der Waals surface area contributed by atoms with Crippen molar-refractivity contribution in [3.05, 3.63) is 65.5 Å². The van der Waals surface area contributed by atoms with E-state index in [4.69, 9.17) is 10.5 Å². The highest BCUT2D eigenvalue weighted by Crippen LogP contribution is 2.25. The fraction of sp³-hybridized carbons (Fsp3) is 0.250. The molecule has 0 heterocycles. The lowest BCUT2D eigenvalue weighted by Gasteiger charge is -2.23. The Bertz CT molecular complexity index is 554. The molecule has 2 aromatic carbocycles. The second kappa shape index (κ2) is 5.85. The van der Waals surface area contributed by atoms with Crippen LogP contribution in [0.3, 0.4) is 0 Å². The molecule has 19 heavy (non-hydrogen) atoms. The van der Waals surface area contributed by atoms with Gasteiger partial charge in [-0.2, -0.15) is 0 Å². The van der Waals surface area contributed by atoms with Crippen molar-refractivity contribution in [3.63, 3.8) is 0 Å². The Morgan fingerprint density at radius 2 is 1.84 bits per heavy atom. The van der Waals surface area contributed by atoms with Crippen LogP contribution >= 0.6 is 0 Å². The van der Waals surface area contributed by atoms with Gasteiger partial charge in [0.05, 0.1) is 0 Å². The summed E-state index contributed by atoms with van der Waals surface area (Å²) in [5.41, 5.74) is 7.82. The number of nitrogens with two attached hydrogens (primary N) is 1. The summed E-state index contributed by atoms with van der Waals surface area (Å²) in [6, 6.07) is 13.9. The second-order valence-electron chi connectivity index (χ2n) is 4.77. The minimum atomic E-state index is -0.363. The van der Waals surface area contributed by atoms with E-state index in [9.17, 15) is 4.39 Å². The van der Waals surface area contributed by atoms with E-state index in [0.29, 0.717) is 0 Å². The van der Waals surface area contributed by atoms with Crippen molar-refractivity contribution in [1.29, 1.82) is 0 Å². The van der Waals surface area contributed by atoms with Crippen LogP contribution in [0.1, 0.15) is 24.2 Å². The summed E-state index contributed by atoms with van der Waals surface area (Å²) < 4.78 is 19.2. The van der Waals surface area contributed by atoms with E-state index in [1.165, 1.54) is 12.1 Å². The quantitative estimate of drug-likeness (QED) is 0.910. The molecule has 0 aliphatic carbocycles. The van der Waals surface area contributed by atoms with Gasteiger partial charge in [-0.05, 0) is 49.2 Å². The molecule has 2 unspecified atom stereocenters. The van der Waals surface area contributed by atoms with E-state index in [2.05, 4.69) is 0 Å². The summed E-state index contributed by atoms with van der Waals surface area (Å²) in [6.07, 6.45) is -0.363. The van der Waals surface area contributed by atoms with Gasteiger partial charge in [-0.25, -0.2) is 4.39 Å².